The second kappa shape index (κ2) is 6.62. The Morgan fingerprint density at radius 1 is 1.45 bits per heavy atom. The summed E-state index contributed by atoms with van der Waals surface area (Å²) in [5.41, 5.74) is 0.692. The molecule has 1 heterocycles. The summed E-state index contributed by atoms with van der Waals surface area (Å²) in [6.45, 7) is 2.81. The fraction of sp³-hybridized carbons (Fsp3) is 0.600. The predicted octanol–water partition coefficient (Wildman–Crippen LogP) is 1.47. The van der Waals surface area contributed by atoms with Gasteiger partial charge in [-0.15, -0.1) is 0 Å². The summed E-state index contributed by atoms with van der Waals surface area (Å²) in [6.07, 6.45) is 0.880. The van der Waals surface area contributed by atoms with Crippen molar-refractivity contribution in [2.45, 2.75) is 30.4 Å². The Hall–Kier alpha value is -1.02. The summed E-state index contributed by atoms with van der Waals surface area (Å²) in [4.78, 5) is 1.80. The first-order valence-electron chi connectivity index (χ1n) is 7.21. The number of nitrogens with zero attached hydrogens (tertiary/aromatic N) is 2. The van der Waals surface area contributed by atoms with Crippen molar-refractivity contribution in [3.05, 3.63) is 29.6 Å². The molecule has 5 nitrogen and oxygen atoms in total. The first kappa shape index (κ1) is 17.3. The molecule has 1 saturated heterocycles. The van der Waals surface area contributed by atoms with Gasteiger partial charge in [-0.3, -0.25) is 4.90 Å². The van der Waals surface area contributed by atoms with Crippen molar-refractivity contribution in [2.75, 3.05) is 34.3 Å². The minimum absolute atomic E-state index is 0.0678. The molecule has 2 atom stereocenters. The molecule has 0 aromatic heterocycles. The van der Waals surface area contributed by atoms with Crippen LogP contribution in [0.2, 0.25) is 0 Å². The van der Waals surface area contributed by atoms with Crippen LogP contribution in [-0.4, -0.2) is 64.1 Å². The molecule has 0 radical (unpaired) electrons. The Morgan fingerprint density at radius 2 is 2.14 bits per heavy atom. The van der Waals surface area contributed by atoms with Crippen LogP contribution in [0, 0.1) is 12.7 Å². The van der Waals surface area contributed by atoms with Crippen LogP contribution in [0.3, 0.4) is 0 Å². The van der Waals surface area contributed by atoms with Crippen LogP contribution in [0.1, 0.15) is 12.0 Å². The first-order chi connectivity index (χ1) is 10.3. The zero-order chi connectivity index (χ0) is 16.5. The monoisotopic (exact) mass is 330 g/mol. The number of halogens is 1. The Kier molecular flexibility index (Phi) is 5.21. The Morgan fingerprint density at radius 3 is 2.68 bits per heavy atom. The van der Waals surface area contributed by atoms with E-state index in [-0.39, 0.29) is 17.0 Å². The average molecular weight is 330 g/mol. The van der Waals surface area contributed by atoms with Gasteiger partial charge in [0.25, 0.3) is 0 Å². The molecule has 2 rings (SSSR count). The van der Waals surface area contributed by atoms with Crippen LogP contribution in [0.4, 0.5) is 4.39 Å². The van der Waals surface area contributed by atoms with E-state index in [2.05, 4.69) is 4.90 Å². The normalized spacial score (nSPS) is 23.4. The molecule has 7 heteroatoms. The number of ether oxygens (including phenoxy) is 1. The van der Waals surface area contributed by atoms with Gasteiger partial charge in [0.1, 0.15) is 10.7 Å². The highest BCUT2D eigenvalue weighted by molar-refractivity contribution is 7.89. The van der Waals surface area contributed by atoms with E-state index in [1.54, 1.807) is 20.1 Å². The number of likely N-dealkylation sites (N-methyl/N-ethyl adjacent to an activating group) is 2. The lowest BCUT2D eigenvalue weighted by Gasteiger charge is -2.25. The number of benzene rings is 1. The molecule has 22 heavy (non-hydrogen) atoms. The smallest absolute Gasteiger partial charge is 0.245 e. The lowest BCUT2D eigenvalue weighted by atomic mass is 10.2. The molecular formula is C15H23FN2O3S. The number of sulfonamides is 1. The van der Waals surface area contributed by atoms with Crippen molar-refractivity contribution in [3.63, 3.8) is 0 Å². The van der Waals surface area contributed by atoms with Crippen molar-refractivity contribution in [1.29, 1.82) is 0 Å². The third-order valence-electron chi connectivity index (χ3n) is 4.23. The van der Waals surface area contributed by atoms with Crippen LogP contribution in [0.15, 0.2) is 23.1 Å². The maximum atomic E-state index is 14.0. The van der Waals surface area contributed by atoms with Crippen LogP contribution >= 0.6 is 0 Å². The van der Waals surface area contributed by atoms with Gasteiger partial charge in [-0.25, -0.2) is 12.8 Å². The summed E-state index contributed by atoms with van der Waals surface area (Å²) in [7, 11) is 1.25. The molecule has 0 bridgehead atoms. The highest BCUT2D eigenvalue weighted by atomic mass is 32.2. The summed E-state index contributed by atoms with van der Waals surface area (Å²) >= 11 is 0. The van der Waals surface area contributed by atoms with Crippen molar-refractivity contribution in [3.8, 4) is 0 Å². The number of rotatable bonds is 5. The van der Waals surface area contributed by atoms with Crippen LogP contribution < -0.4 is 0 Å². The summed E-state index contributed by atoms with van der Waals surface area (Å²) in [5.74, 6) is -0.707. The summed E-state index contributed by atoms with van der Waals surface area (Å²) in [6, 6.07) is 4.24. The second-order valence-electron chi connectivity index (χ2n) is 5.91. The van der Waals surface area contributed by atoms with Crippen molar-refractivity contribution >= 4 is 10.0 Å². The van der Waals surface area contributed by atoms with Crippen molar-refractivity contribution < 1.29 is 17.5 Å². The van der Waals surface area contributed by atoms with E-state index in [9.17, 15) is 12.8 Å². The van der Waals surface area contributed by atoms with E-state index in [1.165, 1.54) is 23.5 Å². The SMILES string of the molecule is CO[C@H]1C[C@@H](CN(C)S(=O)(=O)c2ccc(C)cc2F)N(C)C1. The van der Waals surface area contributed by atoms with Crippen LogP contribution in [-0.2, 0) is 14.8 Å². The maximum Gasteiger partial charge on any atom is 0.245 e. The van der Waals surface area contributed by atoms with Crippen LogP contribution in [0.5, 0.6) is 0 Å². The number of aryl methyl sites for hydroxylation is 1. The number of hydrogen-bond acceptors (Lipinski definition) is 4. The molecule has 0 unspecified atom stereocenters. The van der Waals surface area contributed by atoms with Gasteiger partial charge in [-0.1, -0.05) is 6.07 Å². The predicted molar refractivity (Wildman–Crippen MR) is 82.8 cm³/mol. The van der Waals surface area contributed by atoms with Gasteiger partial charge in [0.15, 0.2) is 0 Å². The molecule has 0 N–H and O–H groups in total. The van der Waals surface area contributed by atoms with Gasteiger partial charge in [-0.05, 0) is 38.1 Å². The Balaban J connectivity index is 2.16. The molecule has 1 fully saturated rings. The first-order valence-corrected chi connectivity index (χ1v) is 8.65. The molecule has 124 valence electrons. The van der Waals surface area contributed by atoms with E-state index in [4.69, 9.17) is 4.74 Å². The number of likely N-dealkylation sites (tertiary alicyclic amines) is 1. The molecule has 0 amide bonds. The zero-order valence-electron chi connectivity index (χ0n) is 13.4. The highest BCUT2D eigenvalue weighted by Gasteiger charge is 2.33. The quantitative estimate of drug-likeness (QED) is 0.820. The Bertz CT molecular complexity index is 636. The van der Waals surface area contributed by atoms with E-state index >= 15 is 0 Å². The molecule has 0 saturated carbocycles. The average Bonchev–Trinajstić information content (AvgIpc) is 2.79. The fourth-order valence-corrected chi connectivity index (χ4v) is 4.04. The van der Waals surface area contributed by atoms with Gasteiger partial charge in [-0.2, -0.15) is 4.31 Å². The van der Waals surface area contributed by atoms with Crippen molar-refractivity contribution in [2.24, 2.45) is 0 Å². The molecule has 1 aliphatic rings. The van der Waals surface area contributed by atoms with Gasteiger partial charge in [0.2, 0.25) is 10.0 Å². The Labute approximate surface area is 131 Å². The van der Waals surface area contributed by atoms with Gasteiger partial charge >= 0.3 is 0 Å². The molecular weight excluding hydrogens is 307 g/mol. The minimum Gasteiger partial charge on any atom is -0.380 e. The van der Waals surface area contributed by atoms with Gasteiger partial charge < -0.3 is 4.74 Å². The van der Waals surface area contributed by atoms with E-state index in [0.717, 1.165) is 13.0 Å². The lowest BCUT2D eigenvalue weighted by Crippen LogP contribution is -2.39. The van der Waals surface area contributed by atoms with Gasteiger partial charge in [0, 0.05) is 33.3 Å². The summed E-state index contributed by atoms with van der Waals surface area (Å²) < 4.78 is 45.6. The molecule has 0 spiro atoms. The van der Waals surface area contributed by atoms with Gasteiger partial charge in [0.05, 0.1) is 6.10 Å². The molecule has 0 aliphatic carbocycles. The fourth-order valence-electron chi connectivity index (χ4n) is 2.79. The van der Waals surface area contributed by atoms with Crippen LogP contribution in [0.25, 0.3) is 0 Å². The number of hydrogen-bond donors (Lipinski definition) is 0. The van der Waals surface area contributed by atoms with E-state index in [1.807, 2.05) is 7.05 Å². The van der Waals surface area contributed by atoms with E-state index < -0.39 is 15.8 Å². The lowest BCUT2D eigenvalue weighted by molar-refractivity contribution is 0.111. The minimum atomic E-state index is -3.83. The molecule has 1 aliphatic heterocycles. The second-order valence-corrected chi connectivity index (χ2v) is 7.92. The topological polar surface area (TPSA) is 49.9 Å². The standard InChI is InChI=1S/C15H23FN2O3S/c1-11-5-6-15(14(16)7-11)22(19,20)18(3)9-12-8-13(21-4)10-17(12)2/h5-7,12-13H,8-10H2,1-4H3/t12-,13-/m0/s1. The number of methoxy groups -OCH3 is 1. The third-order valence-corrected chi connectivity index (χ3v) is 6.08. The maximum absolute atomic E-state index is 14.0. The third kappa shape index (κ3) is 3.48. The molecule has 1 aromatic carbocycles. The van der Waals surface area contributed by atoms with E-state index in [0.29, 0.717) is 12.1 Å². The highest BCUT2D eigenvalue weighted by Crippen LogP contribution is 2.23. The summed E-state index contributed by atoms with van der Waals surface area (Å²) in [5, 5.41) is 0. The zero-order valence-corrected chi connectivity index (χ0v) is 14.2. The largest absolute Gasteiger partial charge is 0.380 e. The molecule has 1 aromatic rings. The van der Waals surface area contributed by atoms with Crippen molar-refractivity contribution in [1.82, 2.24) is 9.21 Å².